The van der Waals surface area contributed by atoms with Gasteiger partial charge in [-0.25, -0.2) is 15.0 Å². The van der Waals surface area contributed by atoms with Crippen LogP contribution >= 0.6 is 0 Å². The van der Waals surface area contributed by atoms with Crippen LogP contribution in [0.25, 0.3) is 56.1 Å². The quantitative estimate of drug-likeness (QED) is 0.183. The van der Waals surface area contributed by atoms with Gasteiger partial charge < -0.3 is 0 Å². The smallest absolute Gasteiger partial charge is 0.164 e. The summed E-state index contributed by atoms with van der Waals surface area (Å²) in [4.78, 5) is 15.2. The summed E-state index contributed by atoms with van der Waals surface area (Å²) in [6, 6.07) is 41.8. The number of hydrogen-bond acceptors (Lipinski definition) is 4. The molecule has 4 nitrogen and oxygen atoms in total. The highest BCUT2D eigenvalue weighted by atomic mass is 15.0. The lowest BCUT2D eigenvalue weighted by Gasteiger charge is -2.49. The molecular weight excluding hydrogens is 573 g/mol. The summed E-state index contributed by atoms with van der Waals surface area (Å²) in [5, 5.41) is 11.7. The Morgan fingerprint density at radius 1 is 0.681 bits per heavy atom. The van der Waals surface area contributed by atoms with Crippen molar-refractivity contribution in [1.29, 1.82) is 5.26 Å². The molecule has 0 amide bonds. The molecule has 4 heteroatoms. The Kier molecular flexibility index (Phi) is 7.26. The predicted octanol–water partition coefficient (Wildman–Crippen LogP) is 10.6. The van der Waals surface area contributed by atoms with E-state index in [2.05, 4.69) is 86.3 Å². The molecule has 6 aromatic rings. The fourth-order valence-electron chi connectivity index (χ4n) is 8.45. The maximum atomic E-state index is 9.52. The van der Waals surface area contributed by atoms with Gasteiger partial charge >= 0.3 is 0 Å². The standard InChI is InChI=1S/C43H36N4/c1-28-21-31-22-29(2)25-43(24-28,26-31)35-17-15-33(16-18-35)41-45-40(32-10-4-3-5-11-32)46-42(47-41)39-20-19-36(37-13-6-7-14-38(37)39)34-12-8-9-30(23-34)27-44/h3-20,23,29,31H,1,21-22,24-26H2,2H3/t29-,31+,43?/m0/s1. The Bertz CT molecular complexity index is 2170. The number of fused-ring (bicyclic) bond motifs is 3. The number of rotatable bonds is 5. The monoisotopic (exact) mass is 608 g/mol. The zero-order valence-corrected chi connectivity index (χ0v) is 26.7. The van der Waals surface area contributed by atoms with Crippen LogP contribution in [0.1, 0.15) is 50.2 Å². The van der Waals surface area contributed by atoms with Gasteiger partial charge in [0.05, 0.1) is 11.6 Å². The lowest BCUT2D eigenvalue weighted by atomic mass is 9.56. The maximum absolute atomic E-state index is 9.52. The van der Waals surface area contributed by atoms with E-state index in [1.54, 1.807) is 0 Å². The van der Waals surface area contributed by atoms with Crippen LogP contribution in [-0.2, 0) is 5.41 Å². The molecule has 2 bridgehead atoms. The first-order valence-corrected chi connectivity index (χ1v) is 16.6. The number of hydrogen-bond donors (Lipinski definition) is 0. The van der Waals surface area contributed by atoms with Gasteiger partial charge in [-0.05, 0) is 95.0 Å². The lowest BCUT2D eigenvalue weighted by molar-refractivity contribution is 0.139. The summed E-state index contributed by atoms with van der Waals surface area (Å²) in [5.41, 5.74) is 8.60. The number of allylic oxidation sites excluding steroid dienone is 1. The van der Waals surface area contributed by atoms with E-state index in [-0.39, 0.29) is 5.41 Å². The predicted molar refractivity (Wildman–Crippen MR) is 190 cm³/mol. The van der Waals surface area contributed by atoms with Gasteiger partial charge in [-0.3, -0.25) is 0 Å². The SMILES string of the molecule is C=C1C[C@@H]2C[C@H](C)CC(c3ccc(-c4nc(-c5ccccc5)nc(-c5ccc(-c6cccc(C#N)c6)c6ccccc56)n4)cc3)(C1)C2. The van der Waals surface area contributed by atoms with Crippen LogP contribution in [-0.4, -0.2) is 15.0 Å². The first-order valence-electron chi connectivity index (χ1n) is 16.6. The minimum absolute atomic E-state index is 0.184. The van der Waals surface area contributed by atoms with Gasteiger partial charge in [-0.1, -0.05) is 116 Å². The average Bonchev–Trinajstić information content (AvgIpc) is 3.11. The molecule has 1 heterocycles. The van der Waals surface area contributed by atoms with Gasteiger partial charge in [0, 0.05) is 16.7 Å². The van der Waals surface area contributed by atoms with Gasteiger partial charge in [-0.2, -0.15) is 5.26 Å². The summed E-state index contributed by atoms with van der Waals surface area (Å²) in [7, 11) is 0. The minimum Gasteiger partial charge on any atom is -0.208 e. The van der Waals surface area contributed by atoms with E-state index in [0.29, 0.717) is 23.0 Å². The van der Waals surface area contributed by atoms with Crippen LogP contribution in [0.3, 0.4) is 0 Å². The van der Waals surface area contributed by atoms with Crippen molar-refractivity contribution in [3.63, 3.8) is 0 Å². The lowest BCUT2D eigenvalue weighted by Crippen LogP contribution is -2.40. The van der Waals surface area contributed by atoms with E-state index in [0.717, 1.165) is 56.8 Å². The molecule has 0 saturated heterocycles. The van der Waals surface area contributed by atoms with Crippen LogP contribution in [0.4, 0.5) is 0 Å². The highest BCUT2D eigenvalue weighted by Gasteiger charge is 2.44. The molecule has 0 radical (unpaired) electrons. The summed E-state index contributed by atoms with van der Waals surface area (Å²) >= 11 is 0. The van der Waals surface area contributed by atoms with Crippen LogP contribution < -0.4 is 0 Å². The van der Waals surface area contributed by atoms with E-state index >= 15 is 0 Å². The van der Waals surface area contributed by atoms with Gasteiger partial charge in [0.2, 0.25) is 0 Å². The van der Waals surface area contributed by atoms with E-state index in [1.807, 2.05) is 48.5 Å². The van der Waals surface area contributed by atoms with Crippen LogP contribution in [0.5, 0.6) is 0 Å². The molecule has 0 aliphatic heterocycles. The van der Waals surface area contributed by atoms with Crippen LogP contribution in [0.15, 0.2) is 127 Å². The van der Waals surface area contributed by atoms with Crippen molar-refractivity contribution in [1.82, 2.24) is 15.0 Å². The molecule has 2 aliphatic rings. The number of nitriles is 1. The van der Waals surface area contributed by atoms with Crippen LogP contribution in [0.2, 0.25) is 0 Å². The molecule has 0 N–H and O–H groups in total. The molecule has 1 unspecified atom stereocenters. The minimum atomic E-state index is 0.184. The van der Waals surface area contributed by atoms with Crippen molar-refractivity contribution >= 4 is 10.8 Å². The highest BCUT2D eigenvalue weighted by molar-refractivity contribution is 6.04. The second-order valence-corrected chi connectivity index (χ2v) is 13.7. The molecule has 2 saturated carbocycles. The van der Waals surface area contributed by atoms with Gasteiger partial charge in [0.15, 0.2) is 17.5 Å². The second-order valence-electron chi connectivity index (χ2n) is 13.7. The molecule has 1 aromatic heterocycles. The van der Waals surface area contributed by atoms with Gasteiger partial charge in [0.25, 0.3) is 0 Å². The third-order valence-corrected chi connectivity index (χ3v) is 10.2. The van der Waals surface area contributed by atoms with Gasteiger partial charge in [0.1, 0.15) is 0 Å². The fraction of sp³-hybridized carbons (Fsp3) is 0.209. The summed E-state index contributed by atoms with van der Waals surface area (Å²) in [6.45, 7) is 6.86. The topological polar surface area (TPSA) is 62.5 Å². The van der Waals surface area contributed by atoms with Crippen LogP contribution in [0, 0.1) is 23.2 Å². The fourth-order valence-corrected chi connectivity index (χ4v) is 8.45. The van der Waals surface area contributed by atoms with Crippen molar-refractivity contribution in [3.8, 4) is 51.4 Å². The molecule has 2 fully saturated rings. The van der Waals surface area contributed by atoms with Crippen molar-refractivity contribution in [2.24, 2.45) is 11.8 Å². The Hall–Kier alpha value is -5.40. The largest absolute Gasteiger partial charge is 0.208 e. The zero-order chi connectivity index (χ0) is 32.0. The zero-order valence-electron chi connectivity index (χ0n) is 26.7. The van der Waals surface area contributed by atoms with E-state index in [1.165, 1.54) is 36.8 Å². The van der Waals surface area contributed by atoms with Crippen molar-refractivity contribution in [2.75, 3.05) is 0 Å². The van der Waals surface area contributed by atoms with E-state index in [9.17, 15) is 5.26 Å². The number of nitrogens with zero attached hydrogens (tertiary/aromatic N) is 4. The van der Waals surface area contributed by atoms with E-state index in [4.69, 9.17) is 15.0 Å². The molecule has 0 spiro atoms. The molecule has 228 valence electrons. The molecule has 8 rings (SSSR count). The van der Waals surface area contributed by atoms with Crippen molar-refractivity contribution in [2.45, 2.75) is 44.4 Å². The molecule has 47 heavy (non-hydrogen) atoms. The Morgan fingerprint density at radius 2 is 1.32 bits per heavy atom. The first kappa shape index (κ1) is 29.0. The maximum Gasteiger partial charge on any atom is 0.164 e. The van der Waals surface area contributed by atoms with Crippen molar-refractivity contribution in [3.05, 3.63) is 139 Å². The molecule has 5 aromatic carbocycles. The van der Waals surface area contributed by atoms with E-state index < -0.39 is 0 Å². The van der Waals surface area contributed by atoms with Crippen molar-refractivity contribution < 1.29 is 0 Å². The molecular formula is C43H36N4. The summed E-state index contributed by atoms with van der Waals surface area (Å²) in [5.74, 6) is 3.43. The second kappa shape index (κ2) is 11.8. The summed E-state index contributed by atoms with van der Waals surface area (Å²) in [6.07, 6.45) is 6.07. The first-order chi connectivity index (χ1) is 23.0. The third kappa shape index (κ3) is 5.42. The number of aromatic nitrogens is 3. The Morgan fingerprint density at radius 3 is 2.06 bits per heavy atom. The molecule has 3 atom stereocenters. The normalized spacial score (nSPS) is 20.6. The molecule has 2 aliphatic carbocycles. The van der Waals surface area contributed by atoms with Gasteiger partial charge in [-0.15, -0.1) is 0 Å². The Labute approximate surface area is 276 Å². The summed E-state index contributed by atoms with van der Waals surface area (Å²) < 4.78 is 0. The average molecular weight is 609 g/mol. The number of benzene rings is 5. The highest BCUT2D eigenvalue weighted by Crippen LogP contribution is 2.53. The third-order valence-electron chi connectivity index (χ3n) is 10.2. The Balaban J connectivity index is 1.24.